The number of halogens is 3. The third-order valence-corrected chi connectivity index (χ3v) is 3.30. The quantitative estimate of drug-likeness (QED) is 0.842. The van der Waals surface area contributed by atoms with Gasteiger partial charge < -0.3 is 15.2 Å². The summed E-state index contributed by atoms with van der Waals surface area (Å²) in [5, 5.41) is 13.5. The molecule has 1 unspecified atom stereocenters. The van der Waals surface area contributed by atoms with Crippen molar-refractivity contribution in [3.05, 3.63) is 58.3 Å². The van der Waals surface area contributed by atoms with Gasteiger partial charge in [0.1, 0.15) is 24.3 Å². The number of ether oxygens (including phenoxy) is 1. The van der Waals surface area contributed by atoms with E-state index in [0.29, 0.717) is 10.8 Å². The van der Waals surface area contributed by atoms with Crippen LogP contribution in [0.25, 0.3) is 0 Å². The van der Waals surface area contributed by atoms with Gasteiger partial charge in [0.2, 0.25) is 0 Å². The van der Waals surface area contributed by atoms with Crippen LogP contribution in [0.3, 0.4) is 0 Å². The lowest BCUT2D eigenvalue weighted by molar-refractivity contribution is 0.117. The Morgan fingerprint density at radius 1 is 1.14 bits per heavy atom. The Labute approximate surface area is 132 Å². The molecule has 0 aliphatic heterocycles. The second kappa shape index (κ2) is 7.50. The van der Waals surface area contributed by atoms with Gasteiger partial charge in [0.25, 0.3) is 0 Å². The number of aliphatic hydroxyl groups is 1. The molecule has 2 rings (SSSR count). The van der Waals surface area contributed by atoms with E-state index >= 15 is 0 Å². The van der Waals surface area contributed by atoms with Crippen molar-refractivity contribution in [3.8, 4) is 5.75 Å². The number of hydrogen-bond donors (Lipinski definition) is 2. The summed E-state index contributed by atoms with van der Waals surface area (Å²) in [7, 11) is 0. The Hall–Kier alpha value is -1.49. The Kier molecular flexibility index (Phi) is 5.67. The standard InChI is InChI=1S/C15H14Cl2FNO2/c16-10-4-6-12(7-5-10)21-9-11(20)8-19-15-13(17)2-1-3-14(15)18/h1-7,11,19-20H,8-9H2. The zero-order valence-electron chi connectivity index (χ0n) is 11.0. The van der Waals surface area contributed by atoms with Crippen LogP contribution in [-0.2, 0) is 0 Å². The van der Waals surface area contributed by atoms with Crippen molar-refractivity contribution in [1.82, 2.24) is 0 Å². The lowest BCUT2D eigenvalue weighted by Crippen LogP contribution is -2.26. The summed E-state index contributed by atoms with van der Waals surface area (Å²) in [6.07, 6.45) is -0.809. The highest BCUT2D eigenvalue weighted by Crippen LogP contribution is 2.24. The molecule has 2 aromatic carbocycles. The summed E-state index contributed by atoms with van der Waals surface area (Å²) in [4.78, 5) is 0. The van der Waals surface area contributed by atoms with Crippen molar-refractivity contribution < 1.29 is 14.2 Å². The maximum atomic E-state index is 13.5. The zero-order chi connectivity index (χ0) is 15.2. The van der Waals surface area contributed by atoms with E-state index < -0.39 is 11.9 Å². The van der Waals surface area contributed by atoms with Crippen molar-refractivity contribution in [3.63, 3.8) is 0 Å². The summed E-state index contributed by atoms with van der Waals surface area (Å²) in [5.41, 5.74) is 0.171. The molecule has 0 radical (unpaired) electrons. The van der Waals surface area contributed by atoms with E-state index in [-0.39, 0.29) is 23.9 Å². The van der Waals surface area contributed by atoms with E-state index in [9.17, 15) is 9.50 Å². The van der Waals surface area contributed by atoms with Gasteiger partial charge in [0, 0.05) is 11.6 Å². The Bertz CT molecular complexity index is 572. The van der Waals surface area contributed by atoms with Gasteiger partial charge in [-0.3, -0.25) is 0 Å². The first-order valence-corrected chi connectivity index (χ1v) is 7.06. The van der Waals surface area contributed by atoms with Crippen molar-refractivity contribution >= 4 is 28.9 Å². The van der Waals surface area contributed by atoms with Crippen molar-refractivity contribution in [2.45, 2.75) is 6.10 Å². The molecular weight excluding hydrogens is 316 g/mol. The molecular formula is C15H14Cl2FNO2. The van der Waals surface area contributed by atoms with Gasteiger partial charge in [-0.05, 0) is 36.4 Å². The normalized spacial score (nSPS) is 12.0. The number of benzene rings is 2. The monoisotopic (exact) mass is 329 g/mol. The number of rotatable bonds is 6. The second-order valence-corrected chi connectivity index (χ2v) is 5.24. The Morgan fingerprint density at radius 2 is 1.86 bits per heavy atom. The van der Waals surface area contributed by atoms with Crippen LogP contribution in [0.5, 0.6) is 5.75 Å². The highest BCUT2D eigenvalue weighted by Gasteiger charge is 2.10. The molecule has 0 aromatic heterocycles. The third-order valence-electron chi connectivity index (χ3n) is 2.73. The number of aliphatic hydroxyl groups excluding tert-OH is 1. The molecule has 0 amide bonds. The maximum absolute atomic E-state index is 13.5. The number of para-hydroxylation sites is 1. The van der Waals surface area contributed by atoms with Crippen LogP contribution in [0, 0.1) is 5.82 Å². The Morgan fingerprint density at radius 3 is 2.52 bits per heavy atom. The van der Waals surface area contributed by atoms with Crippen molar-refractivity contribution in [2.24, 2.45) is 0 Å². The molecule has 0 saturated carbocycles. The molecule has 2 aromatic rings. The van der Waals surface area contributed by atoms with E-state index in [2.05, 4.69) is 5.32 Å². The largest absolute Gasteiger partial charge is 0.491 e. The summed E-state index contributed by atoms with van der Waals surface area (Å²) in [5.74, 6) is 0.135. The average molecular weight is 330 g/mol. The third kappa shape index (κ3) is 4.77. The predicted molar refractivity (Wildman–Crippen MR) is 82.9 cm³/mol. The Balaban J connectivity index is 1.82. The van der Waals surface area contributed by atoms with Gasteiger partial charge in [0.15, 0.2) is 0 Å². The number of nitrogens with one attached hydrogen (secondary N) is 1. The van der Waals surface area contributed by atoms with Gasteiger partial charge in [-0.25, -0.2) is 4.39 Å². The van der Waals surface area contributed by atoms with E-state index in [1.807, 2.05) is 0 Å². The van der Waals surface area contributed by atoms with Crippen LogP contribution in [-0.4, -0.2) is 24.4 Å². The molecule has 6 heteroatoms. The van der Waals surface area contributed by atoms with Gasteiger partial charge in [-0.1, -0.05) is 29.3 Å². The molecule has 0 spiro atoms. The predicted octanol–water partition coefficient (Wildman–Crippen LogP) is 3.98. The smallest absolute Gasteiger partial charge is 0.147 e. The summed E-state index contributed by atoms with van der Waals surface area (Å²) in [6.45, 7) is 0.189. The summed E-state index contributed by atoms with van der Waals surface area (Å²) in [6, 6.07) is 11.2. The molecule has 3 nitrogen and oxygen atoms in total. The molecule has 0 fully saturated rings. The van der Waals surface area contributed by atoms with E-state index in [1.165, 1.54) is 12.1 Å². The van der Waals surface area contributed by atoms with Gasteiger partial charge in [-0.2, -0.15) is 0 Å². The molecule has 0 saturated heterocycles. The van der Waals surface area contributed by atoms with Crippen LogP contribution in [0.2, 0.25) is 10.0 Å². The molecule has 0 aliphatic rings. The molecule has 21 heavy (non-hydrogen) atoms. The van der Waals surface area contributed by atoms with Crippen LogP contribution < -0.4 is 10.1 Å². The molecule has 0 aliphatic carbocycles. The zero-order valence-corrected chi connectivity index (χ0v) is 12.5. The molecule has 2 N–H and O–H groups in total. The lowest BCUT2D eigenvalue weighted by Gasteiger charge is -2.15. The van der Waals surface area contributed by atoms with E-state index in [1.54, 1.807) is 30.3 Å². The minimum atomic E-state index is -0.809. The highest BCUT2D eigenvalue weighted by atomic mass is 35.5. The van der Waals surface area contributed by atoms with Gasteiger partial charge >= 0.3 is 0 Å². The number of anilines is 1. The van der Waals surface area contributed by atoms with Crippen LogP contribution in [0.15, 0.2) is 42.5 Å². The number of hydrogen-bond acceptors (Lipinski definition) is 3. The minimum absolute atomic E-state index is 0.0701. The molecule has 1 atom stereocenters. The minimum Gasteiger partial charge on any atom is -0.491 e. The fourth-order valence-corrected chi connectivity index (χ4v) is 2.02. The molecule has 0 heterocycles. The fourth-order valence-electron chi connectivity index (χ4n) is 1.67. The van der Waals surface area contributed by atoms with Crippen LogP contribution in [0.4, 0.5) is 10.1 Å². The van der Waals surface area contributed by atoms with Crippen LogP contribution >= 0.6 is 23.2 Å². The SMILES string of the molecule is OC(CNc1c(F)cccc1Cl)COc1ccc(Cl)cc1. The average Bonchev–Trinajstić information content (AvgIpc) is 2.46. The van der Waals surface area contributed by atoms with Gasteiger partial charge in [-0.15, -0.1) is 0 Å². The lowest BCUT2D eigenvalue weighted by atomic mass is 10.3. The van der Waals surface area contributed by atoms with E-state index in [0.717, 1.165) is 0 Å². The van der Waals surface area contributed by atoms with E-state index in [4.69, 9.17) is 27.9 Å². The first-order valence-electron chi connectivity index (χ1n) is 6.30. The fraction of sp³-hybridized carbons (Fsp3) is 0.200. The van der Waals surface area contributed by atoms with Gasteiger partial charge in [0.05, 0.1) is 10.7 Å². The highest BCUT2D eigenvalue weighted by molar-refractivity contribution is 6.33. The molecule has 112 valence electrons. The molecule has 0 bridgehead atoms. The first-order chi connectivity index (χ1) is 10.1. The topological polar surface area (TPSA) is 41.5 Å². The summed E-state index contributed by atoms with van der Waals surface area (Å²) >= 11 is 11.6. The summed E-state index contributed by atoms with van der Waals surface area (Å²) < 4.78 is 18.9. The maximum Gasteiger partial charge on any atom is 0.147 e. The van der Waals surface area contributed by atoms with Crippen molar-refractivity contribution in [1.29, 1.82) is 0 Å². The first kappa shape index (κ1) is 15.9. The van der Waals surface area contributed by atoms with Crippen LogP contribution in [0.1, 0.15) is 0 Å². The second-order valence-electron chi connectivity index (χ2n) is 4.40. The van der Waals surface area contributed by atoms with Crippen molar-refractivity contribution in [2.75, 3.05) is 18.5 Å².